The first-order valence-electron chi connectivity index (χ1n) is 9.61. The molecule has 7 nitrogen and oxygen atoms in total. The number of carbonyl (C=O) groups excluding carboxylic acids is 2. The van der Waals surface area contributed by atoms with Gasteiger partial charge >= 0.3 is 0 Å². The van der Waals surface area contributed by atoms with Crippen LogP contribution in [0.1, 0.15) is 52.9 Å². The molecule has 1 unspecified atom stereocenters. The summed E-state index contributed by atoms with van der Waals surface area (Å²) in [7, 11) is 0. The van der Waals surface area contributed by atoms with Crippen LogP contribution < -0.4 is 10.6 Å². The van der Waals surface area contributed by atoms with E-state index in [0.29, 0.717) is 23.5 Å². The molecule has 2 aliphatic rings. The molecule has 27 heavy (non-hydrogen) atoms. The molecular weight excluding hydrogens is 342 g/mol. The van der Waals surface area contributed by atoms with Crippen LogP contribution in [0.3, 0.4) is 0 Å². The van der Waals surface area contributed by atoms with Crippen LogP contribution in [-0.4, -0.2) is 45.4 Å². The number of fused-ring (bicyclic) bond motifs is 1. The fourth-order valence-electron chi connectivity index (χ4n) is 3.83. The van der Waals surface area contributed by atoms with E-state index >= 15 is 0 Å². The first kappa shape index (κ1) is 17.7. The molecule has 2 aromatic rings. The molecule has 1 aromatic heterocycles. The van der Waals surface area contributed by atoms with Gasteiger partial charge < -0.3 is 20.1 Å². The van der Waals surface area contributed by atoms with Gasteiger partial charge in [0.1, 0.15) is 11.5 Å². The van der Waals surface area contributed by atoms with E-state index in [1.807, 2.05) is 9.47 Å². The SMILES string of the molecule is CC1CCCCN1C(=O)c1ccc(NC(=O)c2cnc3n2CCNC3)cc1. The van der Waals surface area contributed by atoms with E-state index in [4.69, 9.17) is 0 Å². The second-order valence-electron chi connectivity index (χ2n) is 7.26. The number of anilines is 1. The van der Waals surface area contributed by atoms with Gasteiger partial charge in [-0.05, 0) is 50.5 Å². The van der Waals surface area contributed by atoms with Crippen LogP contribution in [0, 0.1) is 0 Å². The van der Waals surface area contributed by atoms with Crippen molar-refractivity contribution in [3.63, 3.8) is 0 Å². The maximum absolute atomic E-state index is 12.7. The Morgan fingerprint density at radius 2 is 2.00 bits per heavy atom. The van der Waals surface area contributed by atoms with E-state index in [1.165, 1.54) is 6.42 Å². The maximum atomic E-state index is 12.7. The smallest absolute Gasteiger partial charge is 0.273 e. The second-order valence-corrected chi connectivity index (χ2v) is 7.26. The molecule has 2 amide bonds. The van der Waals surface area contributed by atoms with Crippen LogP contribution in [0.2, 0.25) is 0 Å². The monoisotopic (exact) mass is 367 g/mol. The van der Waals surface area contributed by atoms with Gasteiger partial charge in [0.2, 0.25) is 0 Å². The highest BCUT2D eigenvalue weighted by Gasteiger charge is 2.24. The number of benzene rings is 1. The summed E-state index contributed by atoms with van der Waals surface area (Å²) in [4.78, 5) is 31.6. The highest BCUT2D eigenvalue weighted by atomic mass is 16.2. The number of nitrogens with one attached hydrogen (secondary N) is 2. The number of hydrogen-bond donors (Lipinski definition) is 2. The molecule has 7 heteroatoms. The lowest BCUT2D eigenvalue weighted by Gasteiger charge is -2.33. The molecule has 1 saturated heterocycles. The Balaban J connectivity index is 1.44. The highest BCUT2D eigenvalue weighted by Crippen LogP contribution is 2.20. The lowest BCUT2D eigenvalue weighted by molar-refractivity contribution is 0.0635. The number of likely N-dealkylation sites (tertiary alicyclic amines) is 1. The van der Waals surface area contributed by atoms with Gasteiger partial charge in [0.05, 0.1) is 12.7 Å². The lowest BCUT2D eigenvalue weighted by atomic mass is 10.0. The van der Waals surface area contributed by atoms with Gasteiger partial charge in [-0.1, -0.05) is 0 Å². The van der Waals surface area contributed by atoms with Crippen molar-refractivity contribution < 1.29 is 9.59 Å². The molecule has 0 aliphatic carbocycles. The van der Waals surface area contributed by atoms with Gasteiger partial charge in [0, 0.05) is 36.9 Å². The minimum Gasteiger partial charge on any atom is -0.336 e. The fourth-order valence-corrected chi connectivity index (χ4v) is 3.83. The summed E-state index contributed by atoms with van der Waals surface area (Å²) in [5.74, 6) is 0.764. The summed E-state index contributed by atoms with van der Waals surface area (Å²) in [6.45, 7) is 5.17. The summed E-state index contributed by atoms with van der Waals surface area (Å²) in [6.07, 6.45) is 4.93. The topological polar surface area (TPSA) is 79.3 Å². The molecule has 142 valence electrons. The van der Waals surface area contributed by atoms with Gasteiger partial charge in [-0.15, -0.1) is 0 Å². The fraction of sp³-hybridized carbons (Fsp3) is 0.450. The Kier molecular flexibility index (Phi) is 4.94. The van der Waals surface area contributed by atoms with Crippen molar-refractivity contribution in [3.05, 3.63) is 47.5 Å². The zero-order chi connectivity index (χ0) is 18.8. The molecule has 0 bridgehead atoms. The average Bonchev–Trinajstić information content (AvgIpc) is 3.13. The van der Waals surface area contributed by atoms with Crippen LogP contribution >= 0.6 is 0 Å². The van der Waals surface area contributed by atoms with Crippen LogP contribution in [0.4, 0.5) is 5.69 Å². The van der Waals surface area contributed by atoms with Crippen LogP contribution in [0.5, 0.6) is 0 Å². The van der Waals surface area contributed by atoms with E-state index in [1.54, 1.807) is 30.5 Å². The molecule has 3 heterocycles. The predicted octanol–water partition coefficient (Wildman–Crippen LogP) is 2.25. The van der Waals surface area contributed by atoms with E-state index in [9.17, 15) is 9.59 Å². The molecule has 2 N–H and O–H groups in total. The minimum absolute atomic E-state index is 0.0671. The lowest BCUT2D eigenvalue weighted by Crippen LogP contribution is -2.42. The van der Waals surface area contributed by atoms with E-state index in [0.717, 1.165) is 38.3 Å². The van der Waals surface area contributed by atoms with Crippen molar-refractivity contribution in [1.82, 2.24) is 19.8 Å². The van der Waals surface area contributed by atoms with Crippen LogP contribution in [-0.2, 0) is 13.1 Å². The average molecular weight is 367 g/mol. The summed E-state index contributed by atoms with van der Waals surface area (Å²) in [6, 6.07) is 7.43. The maximum Gasteiger partial charge on any atom is 0.273 e. The third-order valence-corrected chi connectivity index (χ3v) is 5.42. The van der Waals surface area contributed by atoms with Crippen molar-refractivity contribution in [2.45, 2.75) is 45.3 Å². The van der Waals surface area contributed by atoms with E-state index in [2.05, 4.69) is 22.5 Å². The quantitative estimate of drug-likeness (QED) is 0.872. The summed E-state index contributed by atoms with van der Waals surface area (Å²) >= 11 is 0. The third kappa shape index (κ3) is 3.60. The first-order valence-corrected chi connectivity index (χ1v) is 9.61. The van der Waals surface area contributed by atoms with Crippen molar-refractivity contribution in [1.29, 1.82) is 0 Å². The van der Waals surface area contributed by atoms with Gasteiger partial charge in [0.15, 0.2) is 0 Å². The Hall–Kier alpha value is -2.67. The number of aromatic nitrogens is 2. The minimum atomic E-state index is -0.181. The zero-order valence-corrected chi connectivity index (χ0v) is 15.6. The first-order chi connectivity index (χ1) is 13.1. The van der Waals surface area contributed by atoms with Crippen molar-refractivity contribution in [3.8, 4) is 0 Å². The summed E-state index contributed by atoms with van der Waals surface area (Å²) in [5.41, 5.74) is 1.90. The third-order valence-electron chi connectivity index (χ3n) is 5.42. The Bertz CT molecular complexity index is 843. The number of nitrogens with zero attached hydrogens (tertiary/aromatic N) is 3. The number of piperidine rings is 1. The summed E-state index contributed by atoms with van der Waals surface area (Å²) in [5, 5.41) is 6.14. The normalized spacial score (nSPS) is 19.4. The number of amides is 2. The highest BCUT2D eigenvalue weighted by molar-refractivity contribution is 6.03. The number of rotatable bonds is 3. The van der Waals surface area contributed by atoms with Gasteiger partial charge in [-0.25, -0.2) is 4.98 Å². The molecule has 0 spiro atoms. The molecule has 0 saturated carbocycles. The van der Waals surface area contributed by atoms with E-state index < -0.39 is 0 Å². The standard InChI is InChI=1S/C20H25N5O2/c1-14-4-2-3-10-24(14)20(27)15-5-7-16(8-6-15)23-19(26)17-12-22-18-13-21-9-11-25(17)18/h5-8,12,14,21H,2-4,9-11,13H2,1H3,(H,23,26). The molecule has 0 radical (unpaired) electrons. The van der Waals surface area contributed by atoms with Gasteiger partial charge in [-0.2, -0.15) is 0 Å². The molecule has 1 aromatic carbocycles. The van der Waals surface area contributed by atoms with Crippen molar-refractivity contribution >= 4 is 17.5 Å². The number of hydrogen-bond acceptors (Lipinski definition) is 4. The second kappa shape index (κ2) is 7.52. The van der Waals surface area contributed by atoms with Gasteiger partial charge in [0.25, 0.3) is 11.8 Å². The molecule has 1 atom stereocenters. The largest absolute Gasteiger partial charge is 0.336 e. The molecular formula is C20H25N5O2. The molecule has 1 fully saturated rings. The van der Waals surface area contributed by atoms with Crippen LogP contribution in [0.15, 0.2) is 30.5 Å². The van der Waals surface area contributed by atoms with Crippen molar-refractivity contribution in [2.75, 3.05) is 18.4 Å². The number of carbonyl (C=O) groups is 2. The van der Waals surface area contributed by atoms with E-state index in [-0.39, 0.29) is 17.9 Å². The zero-order valence-electron chi connectivity index (χ0n) is 15.6. The van der Waals surface area contributed by atoms with Gasteiger partial charge in [-0.3, -0.25) is 9.59 Å². The Labute approximate surface area is 158 Å². The molecule has 2 aliphatic heterocycles. The molecule has 4 rings (SSSR count). The summed E-state index contributed by atoms with van der Waals surface area (Å²) < 4.78 is 1.95. The Morgan fingerprint density at radius 1 is 1.19 bits per heavy atom. The predicted molar refractivity (Wildman–Crippen MR) is 103 cm³/mol. The Morgan fingerprint density at radius 3 is 2.78 bits per heavy atom. The van der Waals surface area contributed by atoms with Crippen molar-refractivity contribution in [2.24, 2.45) is 0 Å². The number of imidazole rings is 1. The van der Waals surface area contributed by atoms with Crippen LogP contribution in [0.25, 0.3) is 0 Å².